The number of hydrogen-bond donors (Lipinski definition) is 3. The molecule has 39 heavy (non-hydrogen) atoms. The van der Waals surface area contributed by atoms with Crippen molar-refractivity contribution in [3.05, 3.63) is 0 Å². The SMILES string of the molecule is CCCCCCCCCCCCCCCCCCCCCCCCCCCCCC(O)C(CO)NC(=O)CC. The van der Waals surface area contributed by atoms with Gasteiger partial charge in [0.1, 0.15) is 0 Å². The third-order valence-electron chi connectivity index (χ3n) is 8.43. The molecule has 0 saturated carbocycles. The van der Waals surface area contributed by atoms with Gasteiger partial charge in [-0.15, -0.1) is 0 Å². The first-order valence-electron chi connectivity index (χ1n) is 17.7. The van der Waals surface area contributed by atoms with E-state index in [1.807, 2.05) is 0 Å². The minimum Gasteiger partial charge on any atom is -0.394 e. The minimum absolute atomic E-state index is 0.117. The predicted octanol–water partition coefficient (Wildman–Crippen LogP) is 10.2. The molecule has 0 saturated heterocycles. The third kappa shape index (κ3) is 28.7. The minimum atomic E-state index is -0.648. The number of aliphatic hydroxyl groups excluding tert-OH is 2. The Kier molecular flexibility index (Phi) is 31.4. The van der Waals surface area contributed by atoms with Crippen molar-refractivity contribution in [2.75, 3.05) is 6.61 Å². The zero-order chi connectivity index (χ0) is 28.7. The number of carbonyl (C=O) groups excluding carboxylic acids is 1. The van der Waals surface area contributed by atoms with Crippen LogP contribution < -0.4 is 5.32 Å². The highest BCUT2D eigenvalue weighted by atomic mass is 16.3. The summed E-state index contributed by atoms with van der Waals surface area (Å²) < 4.78 is 0. The molecule has 1 amide bonds. The summed E-state index contributed by atoms with van der Waals surface area (Å²) in [6.07, 6.45) is 37.9. The largest absolute Gasteiger partial charge is 0.394 e. The summed E-state index contributed by atoms with van der Waals surface area (Å²) in [5, 5.41) is 22.2. The van der Waals surface area contributed by atoms with Crippen molar-refractivity contribution in [1.29, 1.82) is 0 Å². The Morgan fingerprint density at radius 2 is 0.795 bits per heavy atom. The molecule has 0 heterocycles. The fourth-order valence-corrected chi connectivity index (χ4v) is 5.62. The van der Waals surface area contributed by atoms with Crippen molar-refractivity contribution in [2.24, 2.45) is 0 Å². The zero-order valence-corrected chi connectivity index (χ0v) is 26.7. The van der Waals surface area contributed by atoms with Crippen LogP contribution in [0.2, 0.25) is 0 Å². The summed E-state index contributed by atoms with van der Waals surface area (Å²) in [5.41, 5.74) is 0. The number of aliphatic hydroxyl groups is 2. The number of rotatable bonds is 32. The average Bonchev–Trinajstić information content (AvgIpc) is 2.95. The van der Waals surface area contributed by atoms with Crippen molar-refractivity contribution in [2.45, 2.75) is 212 Å². The lowest BCUT2D eigenvalue weighted by Gasteiger charge is -2.22. The van der Waals surface area contributed by atoms with Crippen molar-refractivity contribution < 1.29 is 15.0 Å². The van der Waals surface area contributed by atoms with E-state index in [1.165, 1.54) is 161 Å². The standard InChI is InChI=1S/C35H71NO3/c1-3-5-6-7-8-9-10-11-12-13-14-15-16-17-18-19-20-21-22-23-24-25-26-27-28-29-30-31-34(38)33(32-37)36-35(39)4-2/h33-34,37-38H,3-32H2,1-2H3,(H,36,39). The summed E-state index contributed by atoms with van der Waals surface area (Å²) in [6, 6.07) is -0.526. The Morgan fingerprint density at radius 3 is 1.05 bits per heavy atom. The molecule has 0 aromatic heterocycles. The smallest absolute Gasteiger partial charge is 0.220 e. The molecule has 2 atom stereocenters. The van der Waals surface area contributed by atoms with Gasteiger partial charge in [-0.2, -0.15) is 0 Å². The molecule has 0 rings (SSSR count). The summed E-state index contributed by atoms with van der Waals surface area (Å²) in [7, 11) is 0. The maximum atomic E-state index is 11.5. The van der Waals surface area contributed by atoms with Crippen LogP contribution >= 0.6 is 0 Å². The summed E-state index contributed by atoms with van der Waals surface area (Å²) in [5.74, 6) is -0.117. The van der Waals surface area contributed by atoms with Crippen LogP contribution in [0.4, 0.5) is 0 Å². The molecular formula is C35H71NO3. The van der Waals surface area contributed by atoms with Crippen molar-refractivity contribution in [3.63, 3.8) is 0 Å². The lowest BCUT2D eigenvalue weighted by molar-refractivity contribution is -0.122. The zero-order valence-electron chi connectivity index (χ0n) is 26.7. The second-order valence-electron chi connectivity index (χ2n) is 12.3. The molecule has 0 aliphatic rings. The number of nitrogens with one attached hydrogen (secondary N) is 1. The van der Waals surface area contributed by atoms with Gasteiger partial charge in [0.2, 0.25) is 5.91 Å². The van der Waals surface area contributed by atoms with Crippen LogP contribution in [0.15, 0.2) is 0 Å². The van der Waals surface area contributed by atoms with Crippen LogP contribution in [-0.4, -0.2) is 34.9 Å². The van der Waals surface area contributed by atoms with Crippen LogP contribution in [0.3, 0.4) is 0 Å². The number of hydrogen-bond acceptors (Lipinski definition) is 3. The fraction of sp³-hybridized carbons (Fsp3) is 0.971. The highest BCUT2D eigenvalue weighted by Gasteiger charge is 2.19. The quantitative estimate of drug-likeness (QED) is 0.0726. The van der Waals surface area contributed by atoms with Gasteiger partial charge in [0.15, 0.2) is 0 Å². The van der Waals surface area contributed by atoms with E-state index in [0.29, 0.717) is 12.8 Å². The molecule has 2 unspecified atom stereocenters. The van der Waals surface area contributed by atoms with Crippen LogP contribution in [-0.2, 0) is 4.79 Å². The maximum absolute atomic E-state index is 11.5. The lowest BCUT2D eigenvalue weighted by atomic mass is 10.0. The molecule has 0 aromatic rings. The summed E-state index contributed by atoms with van der Waals surface area (Å²) in [6.45, 7) is 3.87. The highest BCUT2D eigenvalue weighted by Crippen LogP contribution is 2.16. The van der Waals surface area contributed by atoms with Gasteiger partial charge in [-0.1, -0.05) is 187 Å². The molecule has 0 bridgehead atoms. The van der Waals surface area contributed by atoms with Gasteiger partial charge in [-0.25, -0.2) is 0 Å². The van der Waals surface area contributed by atoms with Gasteiger partial charge in [0.25, 0.3) is 0 Å². The Hall–Kier alpha value is -0.610. The van der Waals surface area contributed by atoms with Crippen molar-refractivity contribution in [1.82, 2.24) is 5.32 Å². The van der Waals surface area contributed by atoms with Gasteiger partial charge >= 0.3 is 0 Å². The summed E-state index contributed by atoms with van der Waals surface area (Å²) in [4.78, 5) is 11.5. The van der Waals surface area contributed by atoms with Gasteiger partial charge in [-0.3, -0.25) is 4.79 Å². The number of amides is 1. The Bertz CT molecular complexity index is 485. The first-order valence-corrected chi connectivity index (χ1v) is 17.7. The van der Waals surface area contributed by atoms with E-state index in [4.69, 9.17) is 0 Å². The lowest BCUT2D eigenvalue weighted by Crippen LogP contribution is -2.45. The number of unbranched alkanes of at least 4 members (excludes halogenated alkanes) is 26. The summed E-state index contributed by atoms with van der Waals surface area (Å²) >= 11 is 0. The van der Waals surface area contributed by atoms with Gasteiger partial charge in [0.05, 0.1) is 18.8 Å². The molecule has 0 spiro atoms. The molecular weight excluding hydrogens is 482 g/mol. The monoisotopic (exact) mass is 554 g/mol. The van der Waals surface area contributed by atoms with E-state index in [0.717, 1.165) is 12.8 Å². The molecule has 4 nitrogen and oxygen atoms in total. The van der Waals surface area contributed by atoms with Gasteiger partial charge in [-0.05, 0) is 6.42 Å². The van der Waals surface area contributed by atoms with E-state index in [9.17, 15) is 15.0 Å². The van der Waals surface area contributed by atoms with Gasteiger partial charge in [0, 0.05) is 6.42 Å². The molecule has 0 aliphatic heterocycles. The second-order valence-corrected chi connectivity index (χ2v) is 12.3. The average molecular weight is 554 g/mol. The van der Waals surface area contributed by atoms with Crippen molar-refractivity contribution >= 4 is 5.91 Å². The van der Waals surface area contributed by atoms with Crippen molar-refractivity contribution in [3.8, 4) is 0 Å². The fourth-order valence-electron chi connectivity index (χ4n) is 5.62. The molecule has 4 heteroatoms. The predicted molar refractivity (Wildman–Crippen MR) is 170 cm³/mol. The van der Waals surface area contributed by atoms with E-state index in [-0.39, 0.29) is 12.5 Å². The van der Waals surface area contributed by atoms with Crippen LogP contribution in [0.5, 0.6) is 0 Å². The van der Waals surface area contributed by atoms with Crippen LogP contribution in [0.1, 0.15) is 200 Å². The highest BCUT2D eigenvalue weighted by molar-refractivity contribution is 5.75. The molecule has 3 N–H and O–H groups in total. The Morgan fingerprint density at radius 1 is 0.513 bits per heavy atom. The van der Waals surface area contributed by atoms with E-state index < -0.39 is 12.1 Å². The molecule has 0 aliphatic carbocycles. The van der Waals surface area contributed by atoms with Gasteiger partial charge < -0.3 is 15.5 Å². The Labute approximate surface area is 244 Å². The molecule has 234 valence electrons. The van der Waals surface area contributed by atoms with E-state index in [2.05, 4.69) is 12.2 Å². The second kappa shape index (κ2) is 31.9. The molecule has 0 radical (unpaired) electrons. The molecule has 0 aromatic carbocycles. The van der Waals surface area contributed by atoms with Crippen LogP contribution in [0, 0.1) is 0 Å². The number of carbonyl (C=O) groups is 1. The maximum Gasteiger partial charge on any atom is 0.220 e. The molecule has 0 fully saturated rings. The van der Waals surface area contributed by atoms with Crippen LogP contribution in [0.25, 0.3) is 0 Å². The van der Waals surface area contributed by atoms with E-state index in [1.54, 1.807) is 6.92 Å². The third-order valence-corrected chi connectivity index (χ3v) is 8.43. The topological polar surface area (TPSA) is 69.6 Å². The van der Waals surface area contributed by atoms with E-state index >= 15 is 0 Å². The normalized spacial score (nSPS) is 13.0. The first kappa shape index (κ1) is 38.4. The Balaban J connectivity index is 3.20. The first-order chi connectivity index (χ1) is 19.2.